The van der Waals surface area contributed by atoms with Gasteiger partial charge in [0.25, 0.3) is 0 Å². The van der Waals surface area contributed by atoms with Crippen LogP contribution in [0, 0.1) is 5.41 Å². The van der Waals surface area contributed by atoms with Gasteiger partial charge in [0.15, 0.2) is 0 Å². The molecule has 1 aliphatic rings. The SMILES string of the molecule is CC1(C)CC(Cc2ccccn2)N(C(=O)OC(C)(C)C)C1. The summed E-state index contributed by atoms with van der Waals surface area (Å²) in [7, 11) is 0. The Bertz CT molecular complexity index is 491. The molecule has 0 aliphatic carbocycles. The summed E-state index contributed by atoms with van der Waals surface area (Å²) in [5.41, 5.74) is 0.684. The summed E-state index contributed by atoms with van der Waals surface area (Å²) in [6, 6.07) is 6.07. The van der Waals surface area contributed by atoms with Gasteiger partial charge in [-0.2, -0.15) is 0 Å². The Hall–Kier alpha value is -1.58. The summed E-state index contributed by atoms with van der Waals surface area (Å²) >= 11 is 0. The van der Waals surface area contributed by atoms with Gasteiger partial charge in [0, 0.05) is 30.9 Å². The van der Waals surface area contributed by atoms with Crippen LogP contribution >= 0.6 is 0 Å². The van der Waals surface area contributed by atoms with Crippen molar-refractivity contribution < 1.29 is 9.53 Å². The number of ether oxygens (including phenoxy) is 1. The molecule has 2 heterocycles. The Morgan fingerprint density at radius 3 is 2.71 bits per heavy atom. The first-order valence-electron chi connectivity index (χ1n) is 7.56. The molecular weight excluding hydrogens is 264 g/mol. The number of pyridine rings is 1. The lowest BCUT2D eigenvalue weighted by atomic mass is 9.89. The summed E-state index contributed by atoms with van der Waals surface area (Å²) in [6.45, 7) is 10.8. The minimum Gasteiger partial charge on any atom is -0.444 e. The van der Waals surface area contributed by atoms with Crippen molar-refractivity contribution in [3.05, 3.63) is 30.1 Å². The predicted octanol–water partition coefficient (Wildman–Crippen LogP) is 3.66. The third-order valence-corrected chi connectivity index (χ3v) is 3.63. The number of carbonyl (C=O) groups excluding carboxylic acids is 1. The standard InChI is InChI=1S/C17H26N2O2/c1-16(2,3)21-15(20)19-12-17(4,5)11-14(19)10-13-8-6-7-9-18-13/h6-9,14H,10-12H2,1-5H3. The molecule has 1 amide bonds. The Morgan fingerprint density at radius 2 is 2.14 bits per heavy atom. The minimum absolute atomic E-state index is 0.121. The summed E-state index contributed by atoms with van der Waals surface area (Å²) in [5.74, 6) is 0. The number of amides is 1. The van der Waals surface area contributed by atoms with Crippen molar-refractivity contribution in [3.63, 3.8) is 0 Å². The number of carbonyl (C=O) groups is 1. The number of nitrogens with zero attached hydrogens (tertiary/aromatic N) is 2. The van der Waals surface area contributed by atoms with Crippen molar-refractivity contribution in [3.8, 4) is 0 Å². The second kappa shape index (κ2) is 5.66. The molecule has 1 fully saturated rings. The highest BCUT2D eigenvalue weighted by atomic mass is 16.6. The van der Waals surface area contributed by atoms with E-state index in [1.54, 1.807) is 6.20 Å². The zero-order valence-corrected chi connectivity index (χ0v) is 13.7. The van der Waals surface area contributed by atoms with Crippen LogP contribution in [0.4, 0.5) is 4.79 Å². The van der Waals surface area contributed by atoms with Gasteiger partial charge in [0.2, 0.25) is 0 Å². The van der Waals surface area contributed by atoms with Gasteiger partial charge in [-0.1, -0.05) is 19.9 Å². The average molecular weight is 290 g/mol. The Kier molecular flexibility index (Phi) is 4.26. The highest BCUT2D eigenvalue weighted by Crippen LogP contribution is 2.36. The molecule has 1 aromatic heterocycles. The molecule has 1 unspecified atom stereocenters. The van der Waals surface area contributed by atoms with Crippen LogP contribution in [0.1, 0.15) is 46.7 Å². The Balaban J connectivity index is 2.12. The largest absolute Gasteiger partial charge is 0.444 e. The summed E-state index contributed by atoms with van der Waals surface area (Å²) < 4.78 is 5.55. The minimum atomic E-state index is -0.459. The summed E-state index contributed by atoms with van der Waals surface area (Å²) in [4.78, 5) is 18.7. The molecular formula is C17H26N2O2. The lowest BCUT2D eigenvalue weighted by Crippen LogP contribution is -2.41. The normalized spacial score (nSPS) is 21.4. The number of likely N-dealkylation sites (tertiary alicyclic amines) is 1. The Morgan fingerprint density at radius 1 is 1.43 bits per heavy atom. The van der Waals surface area contributed by atoms with Crippen molar-refractivity contribution >= 4 is 6.09 Å². The van der Waals surface area contributed by atoms with E-state index in [1.165, 1.54) is 0 Å². The van der Waals surface area contributed by atoms with Crippen LogP contribution in [0.25, 0.3) is 0 Å². The topological polar surface area (TPSA) is 42.4 Å². The van der Waals surface area contributed by atoms with Gasteiger partial charge >= 0.3 is 6.09 Å². The summed E-state index contributed by atoms with van der Waals surface area (Å²) in [6.07, 6.45) is 3.34. The second-order valence-corrected chi connectivity index (χ2v) is 7.66. The molecule has 1 aliphatic heterocycles. The van der Waals surface area contributed by atoms with E-state index in [0.29, 0.717) is 0 Å². The third kappa shape index (κ3) is 4.45. The molecule has 2 rings (SSSR count). The van der Waals surface area contributed by atoms with E-state index in [4.69, 9.17) is 4.74 Å². The first-order chi connectivity index (χ1) is 9.66. The van der Waals surface area contributed by atoms with E-state index in [-0.39, 0.29) is 17.6 Å². The lowest BCUT2D eigenvalue weighted by molar-refractivity contribution is 0.0214. The third-order valence-electron chi connectivity index (χ3n) is 3.63. The van der Waals surface area contributed by atoms with Gasteiger partial charge in [-0.3, -0.25) is 4.98 Å². The zero-order valence-electron chi connectivity index (χ0n) is 13.7. The van der Waals surface area contributed by atoms with E-state index in [9.17, 15) is 4.79 Å². The van der Waals surface area contributed by atoms with Crippen molar-refractivity contribution in [1.29, 1.82) is 0 Å². The van der Waals surface area contributed by atoms with Gasteiger partial charge in [0.1, 0.15) is 5.60 Å². The van der Waals surface area contributed by atoms with E-state index in [1.807, 2.05) is 43.9 Å². The molecule has 0 saturated carbocycles. The second-order valence-electron chi connectivity index (χ2n) is 7.66. The van der Waals surface area contributed by atoms with E-state index in [0.717, 1.165) is 25.1 Å². The molecule has 21 heavy (non-hydrogen) atoms. The average Bonchev–Trinajstić information content (AvgIpc) is 2.64. The molecule has 0 spiro atoms. The molecule has 1 atom stereocenters. The summed E-state index contributed by atoms with van der Waals surface area (Å²) in [5, 5.41) is 0. The van der Waals surface area contributed by atoms with Crippen molar-refractivity contribution in [2.75, 3.05) is 6.54 Å². The molecule has 0 N–H and O–H groups in total. The maximum atomic E-state index is 12.4. The highest BCUT2D eigenvalue weighted by molar-refractivity contribution is 5.69. The smallest absolute Gasteiger partial charge is 0.410 e. The fraction of sp³-hybridized carbons (Fsp3) is 0.647. The number of hydrogen-bond acceptors (Lipinski definition) is 3. The molecule has 0 aromatic carbocycles. The molecule has 1 saturated heterocycles. The monoisotopic (exact) mass is 290 g/mol. The van der Waals surface area contributed by atoms with Gasteiger partial charge < -0.3 is 9.64 Å². The van der Waals surface area contributed by atoms with Gasteiger partial charge in [-0.05, 0) is 44.7 Å². The first kappa shape index (κ1) is 15.8. The van der Waals surface area contributed by atoms with E-state index in [2.05, 4.69) is 18.8 Å². The van der Waals surface area contributed by atoms with Crippen LogP contribution in [0.3, 0.4) is 0 Å². The number of rotatable bonds is 2. The van der Waals surface area contributed by atoms with Gasteiger partial charge in [-0.15, -0.1) is 0 Å². The van der Waals surface area contributed by atoms with Crippen LogP contribution < -0.4 is 0 Å². The lowest BCUT2D eigenvalue weighted by Gasteiger charge is -2.28. The van der Waals surface area contributed by atoms with Crippen LogP contribution in [0.5, 0.6) is 0 Å². The van der Waals surface area contributed by atoms with Crippen LogP contribution in [-0.2, 0) is 11.2 Å². The van der Waals surface area contributed by atoms with Crippen molar-refractivity contribution in [2.24, 2.45) is 5.41 Å². The van der Waals surface area contributed by atoms with Crippen LogP contribution in [-0.4, -0.2) is 34.2 Å². The van der Waals surface area contributed by atoms with Crippen molar-refractivity contribution in [2.45, 2.75) is 59.1 Å². The predicted molar refractivity (Wildman–Crippen MR) is 83.1 cm³/mol. The maximum absolute atomic E-state index is 12.4. The molecule has 1 aromatic rings. The molecule has 116 valence electrons. The van der Waals surface area contributed by atoms with Gasteiger partial charge in [-0.25, -0.2) is 4.79 Å². The van der Waals surface area contributed by atoms with Crippen LogP contribution in [0.2, 0.25) is 0 Å². The van der Waals surface area contributed by atoms with Gasteiger partial charge in [0.05, 0.1) is 0 Å². The van der Waals surface area contributed by atoms with E-state index >= 15 is 0 Å². The molecule has 4 nitrogen and oxygen atoms in total. The number of aromatic nitrogens is 1. The molecule has 0 bridgehead atoms. The molecule has 4 heteroatoms. The van der Waals surface area contributed by atoms with Crippen molar-refractivity contribution in [1.82, 2.24) is 9.88 Å². The maximum Gasteiger partial charge on any atom is 0.410 e. The van der Waals surface area contributed by atoms with E-state index < -0.39 is 5.60 Å². The fourth-order valence-corrected chi connectivity index (χ4v) is 2.88. The Labute approximate surface area is 127 Å². The highest BCUT2D eigenvalue weighted by Gasteiger charge is 2.41. The quantitative estimate of drug-likeness (QED) is 0.834. The molecule has 0 radical (unpaired) electrons. The number of hydrogen-bond donors (Lipinski definition) is 0. The van der Waals surface area contributed by atoms with Crippen LogP contribution in [0.15, 0.2) is 24.4 Å². The first-order valence-corrected chi connectivity index (χ1v) is 7.56. The zero-order chi connectivity index (χ0) is 15.7. The fourth-order valence-electron chi connectivity index (χ4n) is 2.88.